The van der Waals surface area contributed by atoms with Crippen LogP contribution in [0.3, 0.4) is 0 Å². The van der Waals surface area contributed by atoms with Gasteiger partial charge in [-0.05, 0) is 66.4 Å². The first-order chi connectivity index (χ1) is 14.0. The number of nitrogens with one attached hydrogen (secondary N) is 2. The van der Waals surface area contributed by atoms with Crippen molar-refractivity contribution in [3.8, 4) is 0 Å². The molecule has 0 aliphatic carbocycles. The second-order valence-electron chi connectivity index (χ2n) is 6.46. The van der Waals surface area contributed by atoms with Crippen molar-refractivity contribution in [1.29, 1.82) is 0 Å². The molecule has 0 saturated carbocycles. The Morgan fingerprint density at radius 1 is 1.07 bits per heavy atom. The third kappa shape index (κ3) is 7.13. The third-order valence-corrected chi connectivity index (χ3v) is 9.20. The predicted molar refractivity (Wildman–Crippen MR) is 118 cm³/mol. The number of sulfonamides is 2. The number of methoxy groups -OCH3 is 1. The lowest BCUT2D eigenvalue weighted by molar-refractivity contribution is -0.142. The molecule has 0 aliphatic rings. The second-order valence-corrected chi connectivity index (χ2v) is 12.6. The van der Waals surface area contributed by atoms with Crippen LogP contribution in [0.2, 0.25) is 0 Å². The molecule has 0 unspecified atom stereocenters. The number of carbonyl (C=O) groups is 1. The zero-order valence-corrected chi connectivity index (χ0v) is 20.5. The number of hydrogen-bond donors (Lipinski definition) is 2. The number of thiophene rings is 1. The standard InChI is InChI=1S/C18H23BrN2O6S3/c1-13-6-8-14(9-7-13)29(23,24)21-15(18(22)27-2)5-3-4-12-20-30(25,26)17-11-10-16(19)28-17/h6-11,15,20-21H,3-5,12H2,1-2H3/t15-/m0/s1. The Balaban J connectivity index is 1.91. The topological polar surface area (TPSA) is 119 Å². The van der Waals surface area contributed by atoms with E-state index in [2.05, 4.69) is 25.4 Å². The second kappa shape index (κ2) is 10.8. The fourth-order valence-electron chi connectivity index (χ4n) is 2.53. The number of benzene rings is 1. The summed E-state index contributed by atoms with van der Waals surface area (Å²) in [5, 5.41) is 0. The number of unbranched alkanes of at least 4 members (excludes halogenated alkanes) is 1. The molecular formula is C18H23BrN2O6S3. The molecule has 1 heterocycles. The molecule has 0 bridgehead atoms. The number of rotatable bonds is 11. The van der Waals surface area contributed by atoms with Crippen LogP contribution in [0.1, 0.15) is 24.8 Å². The minimum atomic E-state index is -3.90. The van der Waals surface area contributed by atoms with Crippen molar-refractivity contribution in [2.24, 2.45) is 0 Å². The lowest BCUT2D eigenvalue weighted by Gasteiger charge is -2.17. The van der Waals surface area contributed by atoms with Crippen molar-refractivity contribution >= 4 is 53.3 Å². The van der Waals surface area contributed by atoms with E-state index in [9.17, 15) is 21.6 Å². The average Bonchev–Trinajstić information content (AvgIpc) is 3.13. The van der Waals surface area contributed by atoms with E-state index < -0.39 is 32.1 Å². The molecule has 2 N–H and O–H groups in total. The van der Waals surface area contributed by atoms with E-state index in [-0.39, 0.29) is 22.1 Å². The first-order valence-corrected chi connectivity index (χ1v) is 13.5. The van der Waals surface area contributed by atoms with E-state index in [4.69, 9.17) is 4.74 Å². The van der Waals surface area contributed by atoms with Gasteiger partial charge in [-0.15, -0.1) is 11.3 Å². The smallest absolute Gasteiger partial charge is 0.323 e. The van der Waals surface area contributed by atoms with Gasteiger partial charge >= 0.3 is 5.97 Å². The summed E-state index contributed by atoms with van der Waals surface area (Å²) in [5.41, 5.74) is 0.913. The number of halogens is 1. The van der Waals surface area contributed by atoms with Crippen molar-refractivity contribution in [3.63, 3.8) is 0 Å². The largest absolute Gasteiger partial charge is 0.468 e. The minimum Gasteiger partial charge on any atom is -0.468 e. The quantitative estimate of drug-likeness (QED) is 0.335. The Labute approximate surface area is 189 Å². The fraction of sp³-hybridized carbons (Fsp3) is 0.389. The molecule has 1 atom stereocenters. The molecule has 166 valence electrons. The normalized spacial score (nSPS) is 13.2. The van der Waals surface area contributed by atoms with Crippen molar-refractivity contribution in [1.82, 2.24) is 9.44 Å². The van der Waals surface area contributed by atoms with Crippen LogP contribution in [0.5, 0.6) is 0 Å². The summed E-state index contributed by atoms with van der Waals surface area (Å²) in [6.07, 6.45) is 1.00. The van der Waals surface area contributed by atoms with Gasteiger partial charge in [-0.25, -0.2) is 21.6 Å². The van der Waals surface area contributed by atoms with Gasteiger partial charge in [0.1, 0.15) is 10.3 Å². The number of esters is 1. The van der Waals surface area contributed by atoms with Gasteiger partial charge in [0.2, 0.25) is 20.0 Å². The molecule has 8 nitrogen and oxygen atoms in total. The van der Waals surface area contributed by atoms with Crippen LogP contribution in [-0.4, -0.2) is 42.5 Å². The molecule has 12 heteroatoms. The van der Waals surface area contributed by atoms with Gasteiger partial charge in [-0.3, -0.25) is 4.79 Å². The molecular weight excluding hydrogens is 516 g/mol. The van der Waals surface area contributed by atoms with Gasteiger partial charge in [0.05, 0.1) is 15.8 Å². The van der Waals surface area contributed by atoms with E-state index in [0.29, 0.717) is 16.6 Å². The summed E-state index contributed by atoms with van der Waals surface area (Å²) >= 11 is 4.33. The van der Waals surface area contributed by atoms with Crippen LogP contribution in [0.4, 0.5) is 0 Å². The maximum absolute atomic E-state index is 12.5. The molecule has 0 saturated heterocycles. The van der Waals surface area contributed by atoms with Gasteiger partial charge in [0, 0.05) is 6.54 Å². The number of ether oxygens (including phenoxy) is 1. The maximum Gasteiger partial charge on any atom is 0.323 e. The highest BCUT2D eigenvalue weighted by Crippen LogP contribution is 2.25. The molecule has 1 aromatic carbocycles. The summed E-state index contributed by atoms with van der Waals surface area (Å²) in [6, 6.07) is 8.35. The fourth-order valence-corrected chi connectivity index (χ4v) is 6.88. The Kier molecular flexibility index (Phi) is 9.00. The summed E-state index contributed by atoms with van der Waals surface area (Å²) in [6.45, 7) is 2.00. The van der Waals surface area contributed by atoms with E-state index in [1.807, 2.05) is 6.92 Å². The van der Waals surface area contributed by atoms with Crippen molar-refractivity contribution in [2.45, 2.75) is 41.3 Å². The zero-order chi connectivity index (χ0) is 22.4. The molecule has 0 spiro atoms. The average molecular weight is 539 g/mol. The van der Waals surface area contributed by atoms with Crippen LogP contribution >= 0.6 is 27.3 Å². The zero-order valence-electron chi connectivity index (χ0n) is 16.4. The van der Waals surface area contributed by atoms with Gasteiger partial charge < -0.3 is 4.74 Å². The van der Waals surface area contributed by atoms with E-state index in [1.54, 1.807) is 18.2 Å². The first-order valence-electron chi connectivity index (χ1n) is 8.97. The first kappa shape index (κ1) is 25.0. The highest BCUT2D eigenvalue weighted by molar-refractivity contribution is 9.11. The summed E-state index contributed by atoms with van der Waals surface area (Å²) in [4.78, 5) is 12.1. The van der Waals surface area contributed by atoms with Gasteiger partial charge in [-0.1, -0.05) is 17.7 Å². The van der Waals surface area contributed by atoms with E-state index in [1.165, 1.54) is 25.3 Å². The Morgan fingerprint density at radius 3 is 2.30 bits per heavy atom. The van der Waals surface area contributed by atoms with Crippen LogP contribution < -0.4 is 9.44 Å². The van der Waals surface area contributed by atoms with Crippen molar-refractivity contribution in [2.75, 3.05) is 13.7 Å². The number of hydrogen-bond acceptors (Lipinski definition) is 7. The summed E-state index contributed by atoms with van der Waals surface area (Å²) < 4.78 is 59.9. The molecule has 1 aromatic heterocycles. The van der Waals surface area contributed by atoms with Crippen LogP contribution in [0.15, 0.2) is 49.3 Å². The lowest BCUT2D eigenvalue weighted by Crippen LogP contribution is -2.41. The maximum atomic E-state index is 12.5. The lowest BCUT2D eigenvalue weighted by atomic mass is 10.1. The van der Waals surface area contributed by atoms with E-state index >= 15 is 0 Å². The number of carbonyl (C=O) groups excluding carboxylic acids is 1. The Bertz CT molecular complexity index is 1070. The predicted octanol–water partition coefficient (Wildman–Crippen LogP) is 2.79. The Hall–Kier alpha value is -1.31. The van der Waals surface area contributed by atoms with Gasteiger partial charge in [0.25, 0.3) is 0 Å². The van der Waals surface area contributed by atoms with Crippen LogP contribution in [0, 0.1) is 6.92 Å². The highest BCUT2D eigenvalue weighted by atomic mass is 79.9. The van der Waals surface area contributed by atoms with Gasteiger partial charge in [-0.2, -0.15) is 4.72 Å². The molecule has 0 radical (unpaired) electrons. The van der Waals surface area contributed by atoms with E-state index in [0.717, 1.165) is 16.9 Å². The molecule has 0 fully saturated rings. The SMILES string of the molecule is COC(=O)[C@H](CCCCNS(=O)(=O)c1ccc(Br)s1)NS(=O)(=O)c1ccc(C)cc1. The monoisotopic (exact) mass is 538 g/mol. The minimum absolute atomic E-state index is 0.0527. The van der Waals surface area contributed by atoms with Crippen LogP contribution in [0.25, 0.3) is 0 Å². The number of aryl methyl sites for hydroxylation is 1. The molecule has 0 amide bonds. The molecule has 0 aliphatic heterocycles. The van der Waals surface area contributed by atoms with Gasteiger partial charge in [0.15, 0.2) is 0 Å². The third-order valence-electron chi connectivity index (χ3n) is 4.14. The van der Waals surface area contributed by atoms with Crippen molar-refractivity contribution < 1.29 is 26.4 Å². The van der Waals surface area contributed by atoms with Crippen LogP contribution in [-0.2, 0) is 29.6 Å². The summed E-state index contributed by atoms with van der Waals surface area (Å²) in [5.74, 6) is -0.699. The summed E-state index contributed by atoms with van der Waals surface area (Å²) in [7, 11) is -6.31. The molecule has 2 rings (SSSR count). The molecule has 2 aromatic rings. The highest BCUT2D eigenvalue weighted by Gasteiger charge is 2.26. The van der Waals surface area contributed by atoms with Crippen molar-refractivity contribution in [3.05, 3.63) is 45.7 Å². The molecule has 30 heavy (non-hydrogen) atoms. The Morgan fingerprint density at radius 2 is 1.73 bits per heavy atom.